The Morgan fingerprint density at radius 2 is 0.833 bits per heavy atom. The van der Waals surface area contributed by atoms with E-state index in [2.05, 4.69) is 197 Å². The molecule has 0 saturated carbocycles. The lowest BCUT2D eigenvalue weighted by molar-refractivity contribution is 1.01. The standard InChI is InChI=1S/C50H32N4/c1-4-15-33(16-5-1)36-21-14-22-38(31-36)53-43-25-12-10-23-40(43)47-45(53)29-30-46-48(47)41-24-11-13-26-44(41)54(46)50-51-42-32-37(34-17-6-2-7-18-34)27-28-39(42)49(52-50)35-19-8-3-9-20-35/h1-32H. The molecule has 0 atom stereocenters. The molecule has 3 heterocycles. The molecule has 0 radical (unpaired) electrons. The fourth-order valence-corrected chi connectivity index (χ4v) is 8.31. The van der Waals surface area contributed by atoms with Crippen molar-refractivity contribution in [2.75, 3.05) is 0 Å². The molecule has 0 unspecified atom stereocenters. The van der Waals surface area contributed by atoms with Crippen LogP contribution in [-0.2, 0) is 0 Å². The van der Waals surface area contributed by atoms with Gasteiger partial charge in [0.1, 0.15) is 0 Å². The van der Waals surface area contributed by atoms with Crippen LogP contribution in [0.15, 0.2) is 194 Å². The number of hydrogen-bond donors (Lipinski definition) is 0. The van der Waals surface area contributed by atoms with Crippen LogP contribution in [0, 0.1) is 0 Å². The summed E-state index contributed by atoms with van der Waals surface area (Å²) in [6.07, 6.45) is 0. The third-order valence-electron chi connectivity index (χ3n) is 10.7. The zero-order valence-electron chi connectivity index (χ0n) is 29.3. The van der Waals surface area contributed by atoms with Gasteiger partial charge in [-0.05, 0) is 70.8 Å². The minimum Gasteiger partial charge on any atom is -0.309 e. The van der Waals surface area contributed by atoms with Crippen LogP contribution in [0.3, 0.4) is 0 Å². The lowest BCUT2D eigenvalue weighted by atomic mass is 10.0. The van der Waals surface area contributed by atoms with Crippen molar-refractivity contribution in [2.24, 2.45) is 0 Å². The van der Waals surface area contributed by atoms with Gasteiger partial charge in [0.2, 0.25) is 5.95 Å². The predicted octanol–water partition coefficient (Wildman–Crippen LogP) is 12.8. The first-order valence-corrected chi connectivity index (χ1v) is 18.3. The normalized spacial score (nSPS) is 11.7. The fourth-order valence-electron chi connectivity index (χ4n) is 8.31. The number of rotatable bonds is 5. The molecule has 0 N–H and O–H groups in total. The maximum atomic E-state index is 5.40. The van der Waals surface area contributed by atoms with Crippen molar-refractivity contribution in [2.45, 2.75) is 0 Å². The van der Waals surface area contributed by atoms with E-state index in [-0.39, 0.29) is 0 Å². The Bertz CT molecular complexity index is 3200. The summed E-state index contributed by atoms with van der Waals surface area (Å²) in [6, 6.07) is 68.9. The number of aromatic nitrogens is 4. The molecule has 4 nitrogen and oxygen atoms in total. The molecule has 0 aliphatic rings. The van der Waals surface area contributed by atoms with E-state index in [1.54, 1.807) is 0 Å². The maximum absolute atomic E-state index is 5.40. The van der Waals surface area contributed by atoms with E-state index in [9.17, 15) is 0 Å². The Hall–Kier alpha value is -7.30. The second-order valence-corrected chi connectivity index (χ2v) is 13.8. The number of nitrogens with zero attached hydrogens (tertiary/aromatic N) is 4. The predicted molar refractivity (Wildman–Crippen MR) is 225 cm³/mol. The van der Waals surface area contributed by atoms with E-state index in [0.29, 0.717) is 5.95 Å². The Morgan fingerprint density at radius 1 is 0.315 bits per heavy atom. The Morgan fingerprint density at radius 3 is 1.48 bits per heavy atom. The minimum atomic E-state index is 0.649. The molecule has 0 spiro atoms. The molecule has 54 heavy (non-hydrogen) atoms. The summed E-state index contributed by atoms with van der Waals surface area (Å²) >= 11 is 0. The zero-order valence-corrected chi connectivity index (χ0v) is 29.3. The van der Waals surface area contributed by atoms with Gasteiger partial charge in [-0.1, -0.05) is 146 Å². The molecule has 3 aromatic heterocycles. The first-order chi connectivity index (χ1) is 26.8. The minimum absolute atomic E-state index is 0.649. The molecule has 4 heteroatoms. The quantitative estimate of drug-likeness (QED) is 0.180. The molecule has 0 bridgehead atoms. The third kappa shape index (κ3) is 4.70. The van der Waals surface area contributed by atoms with Crippen LogP contribution < -0.4 is 0 Å². The summed E-state index contributed by atoms with van der Waals surface area (Å²) in [5.74, 6) is 0.649. The lowest BCUT2D eigenvalue weighted by Crippen LogP contribution is -2.03. The van der Waals surface area contributed by atoms with Gasteiger partial charge in [0.25, 0.3) is 0 Å². The van der Waals surface area contributed by atoms with Crippen LogP contribution in [0.25, 0.3) is 99.7 Å². The van der Waals surface area contributed by atoms with Gasteiger partial charge in [0.05, 0.1) is 33.3 Å². The van der Waals surface area contributed by atoms with E-state index >= 15 is 0 Å². The highest BCUT2D eigenvalue weighted by Gasteiger charge is 2.22. The molecule has 0 aliphatic heterocycles. The zero-order chi connectivity index (χ0) is 35.6. The summed E-state index contributed by atoms with van der Waals surface area (Å²) in [7, 11) is 0. The van der Waals surface area contributed by atoms with Gasteiger partial charge in [-0.2, -0.15) is 0 Å². The topological polar surface area (TPSA) is 35.6 Å². The van der Waals surface area contributed by atoms with Gasteiger partial charge in [0, 0.05) is 38.2 Å². The first kappa shape index (κ1) is 30.3. The van der Waals surface area contributed by atoms with E-state index in [1.165, 1.54) is 38.2 Å². The van der Waals surface area contributed by atoms with Crippen molar-refractivity contribution in [1.82, 2.24) is 19.1 Å². The van der Waals surface area contributed by atoms with Crippen molar-refractivity contribution in [3.05, 3.63) is 194 Å². The van der Waals surface area contributed by atoms with Gasteiger partial charge in [0.15, 0.2) is 0 Å². The van der Waals surface area contributed by atoms with Crippen LogP contribution in [0.2, 0.25) is 0 Å². The summed E-state index contributed by atoms with van der Waals surface area (Å²) in [6.45, 7) is 0. The molecular weight excluding hydrogens is 657 g/mol. The number of para-hydroxylation sites is 2. The summed E-state index contributed by atoms with van der Waals surface area (Å²) in [4.78, 5) is 10.8. The van der Waals surface area contributed by atoms with Gasteiger partial charge in [-0.15, -0.1) is 0 Å². The monoisotopic (exact) mass is 688 g/mol. The summed E-state index contributed by atoms with van der Waals surface area (Å²) < 4.78 is 4.67. The largest absolute Gasteiger partial charge is 0.309 e. The first-order valence-electron chi connectivity index (χ1n) is 18.3. The van der Waals surface area contributed by atoms with Crippen molar-refractivity contribution in [3.8, 4) is 45.1 Å². The van der Waals surface area contributed by atoms with Gasteiger partial charge >= 0.3 is 0 Å². The van der Waals surface area contributed by atoms with Gasteiger partial charge < -0.3 is 4.57 Å². The molecule has 0 fully saturated rings. The van der Waals surface area contributed by atoms with Crippen molar-refractivity contribution >= 4 is 54.5 Å². The second kappa shape index (κ2) is 12.1. The molecular formula is C50H32N4. The van der Waals surface area contributed by atoms with Crippen LogP contribution in [0.4, 0.5) is 0 Å². The fraction of sp³-hybridized carbons (Fsp3) is 0. The number of fused-ring (bicyclic) bond motifs is 8. The third-order valence-corrected chi connectivity index (χ3v) is 10.7. The molecule has 11 rings (SSSR count). The van der Waals surface area contributed by atoms with Gasteiger partial charge in [-0.25, -0.2) is 9.97 Å². The molecule has 8 aromatic carbocycles. The van der Waals surface area contributed by atoms with Crippen molar-refractivity contribution in [3.63, 3.8) is 0 Å². The molecule has 0 amide bonds. The van der Waals surface area contributed by atoms with Crippen molar-refractivity contribution in [1.29, 1.82) is 0 Å². The summed E-state index contributed by atoms with van der Waals surface area (Å²) in [5, 5.41) is 5.82. The maximum Gasteiger partial charge on any atom is 0.235 e. The Balaban J connectivity index is 1.21. The van der Waals surface area contributed by atoms with E-state index in [0.717, 1.165) is 55.5 Å². The van der Waals surface area contributed by atoms with Crippen LogP contribution in [0.5, 0.6) is 0 Å². The Kier molecular flexibility index (Phi) is 6.82. The van der Waals surface area contributed by atoms with Crippen molar-refractivity contribution < 1.29 is 0 Å². The smallest absolute Gasteiger partial charge is 0.235 e. The average Bonchev–Trinajstić information content (AvgIpc) is 3.77. The highest BCUT2D eigenvalue weighted by Crippen LogP contribution is 2.43. The highest BCUT2D eigenvalue weighted by atomic mass is 15.2. The molecule has 11 aromatic rings. The summed E-state index contributed by atoms with van der Waals surface area (Å²) in [5.41, 5.74) is 13.2. The second-order valence-electron chi connectivity index (χ2n) is 13.8. The molecule has 0 aliphatic carbocycles. The lowest BCUT2D eigenvalue weighted by Gasteiger charge is -2.13. The van der Waals surface area contributed by atoms with E-state index < -0.39 is 0 Å². The van der Waals surface area contributed by atoms with Crippen LogP contribution in [0.1, 0.15) is 0 Å². The average molecular weight is 689 g/mol. The highest BCUT2D eigenvalue weighted by molar-refractivity contribution is 6.28. The SMILES string of the molecule is c1ccc(-c2cccc(-n3c4ccccc4c4c5c6ccccc6n(-c6nc(-c7ccccc7)c7ccc(-c8ccccc8)cc7n6)c5ccc43)c2)cc1. The van der Waals surface area contributed by atoms with Crippen LogP contribution >= 0.6 is 0 Å². The van der Waals surface area contributed by atoms with Gasteiger partial charge in [-0.3, -0.25) is 4.57 Å². The Labute approximate surface area is 311 Å². The number of benzene rings is 8. The number of hydrogen-bond acceptors (Lipinski definition) is 2. The molecule has 0 saturated heterocycles. The van der Waals surface area contributed by atoms with E-state index in [1.807, 2.05) is 6.07 Å². The van der Waals surface area contributed by atoms with Crippen LogP contribution in [-0.4, -0.2) is 19.1 Å². The van der Waals surface area contributed by atoms with E-state index in [4.69, 9.17) is 9.97 Å². The molecule has 252 valence electrons.